The topological polar surface area (TPSA) is 51.2 Å². The molecule has 2 bridgehead atoms. The number of hydrogen-bond acceptors (Lipinski definition) is 3. The van der Waals surface area contributed by atoms with E-state index in [0.29, 0.717) is 0 Å². The van der Waals surface area contributed by atoms with Crippen LogP contribution in [0, 0.1) is 28.1 Å². The fraction of sp³-hybridized carbons (Fsp3) is 0.611. The minimum Gasteiger partial charge on any atom is -0.298 e. The molecule has 0 aromatic carbocycles. The highest BCUT2D eigenvalue weighted by Gasteiger charge is 2.73. The third kappa shape index (κ3) is 1.21. The summed E-state index contributed by atoms with van der Waals surface area (Å²) < 4.78 is 0. The van der Waals surface area contributed by atoms with Crippen molar-refractivity contribution in [3.8, 4) is 0 Å². The van der Waals surface area contributed by atoms with Gasteiger partial charge in [0.25, 0.3) is 0 Å². The normalized spacial score (nSPS) is 44.4. The number of carbonyl (C=O) groups excluding carboxylic acids is 3. The van der Waals surface area contributed by atoms with E-state index in [0.717, 1.165) is 11.1 Å². The Hall–Kier alpha value is -1.51. The van der Waals surface area contributed by atoms with Gasteiger partial charge in [-0.3, -0.25) is 14.4 Å². The van der Waals surface area contributed by atoms with Crippen LogP contribution in [0.4, 0.5) is 0 Å². The van der Waals surface area contributed by atoms with E-state index in [1.165, 1.54) is 12.2 Å². The van der Waals surface area contributed by atoms with Gasteiger partial charge in [-0.05, 0) is 32.9 Å². The molecule has 0 unspecified atom stereocenters. The molecule has 0 radical (unpaired) electrons. The minimum atomic E-state index is -0.854. The van der Waals surface area contributed by atoms with Gasteiger partial charge in [-0.1, -0.05) is 31.9 Å². The highest BCUT2D eigenvalue weighted by molar-refractivity contribution is 6.14. The Bertz CT molecular complexity index is 664. The average molecular weight is 286 g/mol. The second-order valence-corrected chi connectivity index (χ2v) is 7.70. The summed E-state index contributed by atoms with van der Waals surface area (Å²) in [5.74, 6) is -0.955. The van der Waals surface area contributed by atoms with Crippen molar-refractivity contribution < 1.29 is 14.4 Å². The number of ketones is 3. The number of allylic oxidation sites excluding steroid dienone is 4. The molecule has 1 fully saturated rings. The summed E-state index contributed by atoms with van der Waals surface area (Å²) in [6.45, 7) is 11.7. The quantitative estimate of drug-likeness (QED) is 0.643. The molecule has 4 atom stereocenters. The van der Waals surface area contributed by atoms with Gasteiger partial charge in [0.15, 0.2) is 11.6 Å². The van der Waals surface area contributed by atoms with Gasteiger partial charge in [0, 0.05) is 22.7 Å². The Morgan fingerprint density at radius 2 is 1.29 bits per heavy atom. The molecule has 1 saturated carbocycles. The zero-order valence-corrected chi connectivity index (χ0v) is 13.5. The third-order valence-corrected chi connectivity index (χ3v) is 7.06. The second kappa shape index (κ2) is 3.63. The Morgan fingerprint density at radius 1 is 0.810 bits per heavy atom. The molecule has 3 heteroatoms. The van der Waals surface area contributed by atoms with Crippen molar-refractivity contribution in [2.24, 2.45) is 28.1 Å². The van der Waals surface area contributed by atoms with Crippen LogP contribution in [0.1, 0.15) is 41.5 Å². The maximum atomic E-state index is 13.2. The molecule has 0 aromatic heterocycles. The van der Waals surface area contributed by atoms with Crippen LogP contribution in [-0.4, -0.2) is 17.3 Å². The molecule has 4 aliphatic rings. The smallest absolute Gasteiger partial charge is 0.160 e. The first-order valence-electron chi connectivity index (χ1n) is 7.51. The zero-order chi connectivity index (χ0) is 16.0. The first kappa shape index (κ1) is 14.4. The predicted octanol–water partition coefficient (Wildman–Crippen LogP) is 2.90. The summed E-state index contributed by atoms with van der Waals surface area (Å²) in [4.78, 5) is 38.3. The summed E-state index contributed by atoms with van der Waals surface area (Å²) in [5, 5.41) is 0. The molecule has 4 aliphatic carbocycles. The molecule has 0 heterocycles. The Morgan fingerprint density at radius 3 is 1.81 bits per heavy atom. The van der Waals surface area contributed by atoms with E-state index in [4.69, 9.17) is 0 Å². The standard InChI is InChI=1S/C18H22O3/c1-9-10(2)18(6)14-12(20)8-7-11(19)13(14)17(9,5)15(21)16(18,3)4/h7-8,13-14H,1-6H3/t13-,14+,17-,18-/m0/s1. The molecule has 0 aliphatic heterocycles. The lowest BCUT2D eigenvalue weighted by Gasteiger charge is -2.65. The maximum absolute atomic E-state index is 13.2. The van der Waals surface area contributed by atoms with Crippen molar-refractivity contribution in [1.82, 2.24) is 0 Å². The molecular formula is C18H22O3. The van der Waals surface area contributed by atoms with Crippen LogP contribution in [0.15, 0.2) is 23.3 Å². The lowest BCUT2D eigenvalue weighted by Crippen LogP contribution is -2.70. The molecule has 0 N–H and O–H groups in total. The second-order valence-electron chi connectivity index (χ2n) is 7.70. The first-order valence-corrected chi connectivity index (χ1v) is 7.51. The molecule has 4 rings (SSSR count). The van der Waals surface area contributed by atoms with E-state index in [-0.39, 0.29) is 17.3 Å². The lowest BCUT2D eigenvalue weighted by molar-refractivity contribution is -0.174. The Labute approximate surface area is 125 Å². The van der Waals surface area contributed by atoms with Crippen molar-refractivity contribution in [3.63, 3.8) is 0 Å². The molecule has 0 amide bonds. The van der Waals surface area contributed by atoms with Crippen LogP contribution in [0.5, 0.6) is 0 Å². The van der Waals surface area contributed by atoms with Gasteiger partial charge in [0.2, 0.25) is 0 Å². The lowest BCUT2D eigenvalue weighted by atomic mass is 9.34. The predicted molar refractivity (Wildman–Crippen MR) is 79.5 cm³/mol. The van der Waals surface area contributed by atoms with E-state index in [9.17, 15) is 14.4 Å². The summed E-state index contributed by atoms with van der Waals surface area (Å²) >= 11 is 0. The van der Waals surface area contributed by atoms with Crippen molar-refractivity contribution in [2.45, 2.75) is 41.5 Å². The number of hydrogen-bond donors (Lipinski definition) is 0. The van der Waals surface area contributed by atoms with Gasteiger partial charge in [-0.15, -0.1) is 0 Å². The highest BCUT2D eigenvalue weighted by Crippen LogP contribution is 2.70. The van der Waals surface area contributed by atoms with Crippen LogP contribution in [0.2, 0.25) is 0 Å². The average Bonchev–Trinajstić information content (AvgIpc) is 2.42. The summed E-state index contributed by atoms with van der Waals surface area (Å²) in [7, 11) is 0. The molecular weight excluding hydrogens is 264 g/mol. The van der Waals surface area contributed by atoms with Crippen molar-refractivity contribution >= 4 is 17.3 Å². The first-order chi connectivity index (χ1) is 9.52. The van der Waals surface area contributed by atoms with Gasteiger partial charge in [0.05, 0.1) is 5.41 Å². The third-order valence-electron chi connectivity index (χ3n) is 7.06. The highest BCUT2D eigenvalue weighted by atomic mass is 16.1. The molecule has 0 saturated heterocycles. The molecule has 0 aromatic rings. The number of fused-ring (bicyclic) bond motifs is 1. The van der Waals surface area contributed by atoms with Gasteiger partial charge in [0.1, 0.15) is 5.78 Å². The zero-order valence-electron chi connectivity index (χ0n) is 13.5. The molecule has 0 spiro atoms. The molecule has 21 heavy (non-hydrogen) atoms. The van der Waals surface area contributed by atoms with Crippen molar-refractivity contribution in [3.05, 3.63) is 23.3 Å². The summed E-state index contributed by atoms with van der Waals surface area (Å²) in [6.07, 6.45) is 2.77. The van der Waals surface area contributed by atoms with E-state index in [1.54, 1.807) is 0 Å². The molecule has 3 nitrogen and oxygen atoms in total. The fourth-order valence-corrected chi connectivity index (χ4v) is 5.24. The van der Waals surface area contributed by atoms with Gasteiger partial charge in [-0.25, -0.2) is 0 Å². The number of carbonyl (C=O) groups is 3. The van der Waals surface area contributed by atoms with Crippen LogP contribution in [0.3, 0.4) is 0 Å². The van der Waals surface area contributed by atoms with E-state index in [1.807, 2.05) is 41.5 Å². The fourth-order valence-electron chi connectivity index (χ4n) is 5.24. The Kier molecular flexibility index (Phi) is 2.49. The number of Topliss-reactive ketones (excluding diaryl/α,β-unsaturated/α-hetero) is 1. The van der Waals surface area contributed by atoms with E-state index < -0.39 is 28.1 Å². The van der Waals surface area contributed by atoms with Gasteiger partial charge < -0.3 is 0 Å². The SMILES string of the molecule is CC1=C(C)[C@@]2(C)[C@@H]3C(=O)C=CC(=O)[C@@H]3[C@@]1(C)C(=O)C2(C)C. The van der Waals surface area contributed by atoms with Crippen LogP contribution < -0.4 is 0 Å². The molecule has 112 valence electrons. The van der Waals surface area contributed by atoms with Crippen LogP contribution in [-0.2, 0) is 14.4 Å². The summed E-state index contributed by atoms with van der Waals surface area (Å²) in [5.41, 5.74) is -0.00535. The van der Waals surface area contributed by atoms with Gasteiger partial charge >= 0.3 is 0 Å². The van der Waals surface area contributed by atoms with Crippen molar-refractivity contribution in [1.29, 1.82) is 0 Å². The van der Waals surface area contributed by atoms with Gasteiger partial charge in [-0.2, -0.15) is 0 Å². The van der Waals surface area contributed by atoms with Crippen molar-refractivity contribution in [2.75, 3.05) is 0 Å². The minimum absolute atomic E-state index is 0.0132. The van der Waals surface area contributed by atoms with Crippen LogP contribution >= 0.6 is 0 Å². The summed E-state index contributed by atoms with van der Waals surface area (Å²) in [6, 6.07) is 0. The Balaban J connectivity index is 2.45. The monoisotopic (exact) mass is 286 g/mol. The van der Waals surface area contributed by atoms with Crippen LogP contribution in [0.25, 0.3) is 0 Å². The maximum Gasteiger partial charge on any atom is 0.160 e. The largest absolute Gasteiger partial charge is 0.298 e. The van der Waals surface area contributed by atoms with E-state index >= 15 is 0 Å². The van der Waals surface area contributed by atoms with E-state index in [2.05, 4.69) is 0 Å². The number of rotatable bonds is 0.